The highest BCUT2D eigenvalue weighted by molar-refractivity contribution is 6.31. The number of nitrogens with zero attached hydrogens (tertiary/aromatic N) is 2. The van der Waals surface area contributed by atoms with E-state index in [1.807, 2.05) is 12.1 Å². The van der Waals surface area contributed by atoms with Crippen LogP contribution in [-0.4, -0.2) is 55.6 Å². The van der Waals surface area contributed by atoms with Crippen LogP contribution < -0.4 is 5.32 Å². The molecule has 0 spiro atoms. The standard InChI is InChI=1S/C18H28ClN3/c1-15(16-5-3-4-6-17(16)19)22-11-9-21(10-12-22)14-18(2)7-8-20-13-18/h3-6,15,20H,7-14H2,1-2H3. The van der Waals surface area contributed by atoms with Crippen molar-refractivity contribution in [1.82, 2.24) is 15.1 Å². The van der Waals surface area contributed by atoms with E-state index in [1.165, 1.54) is 44.7 Å². The van der Waals surface area contributed by atoms with E-state index in [0.29, 0.717) is 11.5 Å². The van der Waals surface area contributed by atoms with Crippen molar-refractivity contribution < 1.29 is 0 Å². The Morgan fingerprint density at radius 2 is 1.95 bits per heavy atom. The molecule has 1 N–H and O–H groups in total. The highest BCUT2D eigenvalue weighted by atomic mass is 35.5. The zero-order valence-corrected chi connectivity index (χ0v) is 14.6. The Morgan fingerprint density at radius 3 is 2.59 bits per heavy atom. The van der Waals surface area contributed by atoms with Crippen molar-refractivity contribution in [2.75, 3.05) is 45.8 Å². The molecule has 0 aliphatic carbocycles. The molecule has 3 nitrogen and oxygen atoms in total. The van der Waals surface area contributed by atoms with Gasteiger partial charge >= 0.3 is 0 Å². The van der Waals surface area contributed by atoms with Crippen LogP contribution in [0.15, 0.2) is 24.3 Å². The maximum Gasteiger partial charge on any atom is 0.0453 e. The van der Waals surface area contributed by atoms with Crippen molar-refractivity contribution in [3.8, 4) is 0 Å². The summed E-state index contributed by atoms with van der Waals surface area (Å²) in [6.07, 6.45) is 1.31. The van der Waals surface area contributed by atoms with Crippen LogP contribution >= 0.6 is 11.6 Å². The van der Waals surface area contributed by atoms with E-state index < -0.39 is 0 Å². The first-order chi connectivity index (χ1) is 10.6. The van der Waals surface area contributed by atoms with Crippen molar-refractivity contribution in [3.05, 3.63) is 34.9 Å². The summed E-state index contributed by atoms with van der Waals surface area (Å²) in [7, 11) is 0. The summed E-state index contributed by atoms with van der Waals surface area (Å²) in [4.78, 5) is 5.20. The molecule has 2 unspecified atom stereocenters. The molecule has 0 amide bonds. The SMILES string of the molecule is CC(c1ccccc1Cl)N1CCN(CC2(C)CCNC2)CC1. The summed E-state index contributed by atoms with van der Waals surface area (Å²) in [6.45, 7) is 12.9. The van der Waals surface area contributed by atoms with Gasteiger partial charge in [-0.15, -0.1) is 0 Å². The summed E-state index contributed by atoms with van der Waals surface area (Å²) < 4.78 is 0. The van der Waals surface area contributed by atoms with Gasteiger partial charge < -0.3 is 10.2 Å². The Kier molecular flexibility index (Phi) is 5.08. The molecule has 2 aliphatic rings. The minimum absolute atomic E-state index is 0.402. The summed E-state index contributed by atoms with van der Waals surface area (Å²) >= 11 is 6.35. The lowest BCUT2D eigenvalue weighted by molar-refractivity contribution is 0.0761. The number of hydrogen-bond donors (Lipinski definition) is 1. The molecule has 4 heteroatoms. The molecule has 1 aromatic rings. The largest absolute Gasteiger partial charge is 0.316 e. The number of nitrogens with one attached hydrogen (secondary N) is 1. The zero-order chi connectivity index (χ0) is 15.6. The first kappa shape index (κ1) is 16.3. The van der Waals surface area contributed by atoms with Crippen molar-refractivity contribution in [1.29, 1.82) is 0 Å². The molecule has 2 aliphatic heterocycles. The molecule has 122 valence electrons. The van der Waals surface area contributed by atoms with E-state index in [9.17, 15) is 0 Å². The lowest BCUT2D eigenvalue weighted by atomic mass is 9.89. The maximum atomic E-state index is 6.35. The second-order valence-electron chi connectivity index (χ2n) is 7.25. The third-order valence-electron chi connectivity index (χ3n) is 5.37. The second kappa shape index (κ2) is 6.88. The lowest BCUT2D eigenvalue weighted by Gasteiger charge is -2.41. The van der Waals surface area contributed by atoms with Gasteiger partial charge in [-0.1, -0.05) is 36.7 Å². The monoisotopic (exact) mass is 321 g/mol. The fourth-order valence-electron chi connectivity index (χ4n) is 3.86. The molecule has 1 aromatic carbocycles. The number of benzene rings is 1. The summed E-state index contributed by atoms with van der Waals surface area (Å²) in [5.74, 6) is 0. The quantitative estimate of drug-likeness (QED) is 0.919. The average Bonchev–Trinajstić information content (AvgIpc) is 2.94. The van der Waals surface area contributed by atoms with Gasteiger partial charge in [0.2, 0.25) is 0 Å². The van der Waals surface area contributed by atoms with Gasteiger partial charge in [0.15, 0.2) is 0 Å². The highest BCUT2D eigenvalue weighted by Crippen LogP contribution is 2.29. The number of rotatable bonds is 4. The van der Waals surface area contributed by atoms with Crippen molar-refractivity contribution in [2.24, 2.45) is 5.41 Å². The van der Waals surface area contributed by atoms with Gasteiger partial charge in [-0.2, -0.15) is 0 Å². The molecule has 3 rings (SSSR count). The zero-order valence-electron chi connectivity index (χ0n) is 13.8. The molecule has 0 aromatic heterocycles. The molecule has 2 saturated heterocycles. The van der Waals surface area contributed by atoms with Crippen LogP contribution in [0.25, 0.3) is 0 Å². The molecule has 0 bridgehead atoms. The normalized spacial score (nSPS) is 28.9. The molecule has 0 radical (unpaired) electrons. The maximum absolute atomic E-state index is 6.35. The minimum Gasteiger partial charge on any atom is -0.316 e. The van der Waals surface area contributed by atoms with Crippen molar-refractivity contribution in [3.63, 3.8) is 0 Å². The van der Waals surface area contributed by atoms with Crippen LogP contribution in [0.1, 0.15) is 31.9 Å². The molecule has 2 atom stereocenters. The van der Waals surface area contributed by atoms with E-state index in [0.717, 1.165) is 18.1 Å². The Morgan fingerprint density at radius 1 is 1.23 bits per heavy atom. The first-order valence-corrected chi connectivity index (χ1v) is 8.87. The van der Waals surface area contributed by atoms with Gasteiger partial charge in [-0.3, -0.25) is 4.90 Å². The molecule has 0 saturated carbocycles. The van der Waals surface area contributed by atoms with E-state index >= 15 is 0 Å². The Bertz CT molecular complexity index is 491. The van der Waals surface area contributed by atoms with E-state index in [1.54, 1.807) is 0 Å². The third kappa shape index (κ3) is 3.65. The van der Waals surface area contributed by atoms with Crippen LogP contribution in [0.2, 0.25) is 5.02 Å². The number of piperazine rings is 1. The van der Waals surface area contributed by atoms with Gasteiger partial charge in [0.05, 0.1) is 0 Å². The molecule has 22 heavy (non-hydrogen) atoms. The third-order valence-corrected chi connectivity index (χ3v) is 5.72. The van der Waals surface area contributed by atoms with Crippen LogP contribution in [0.5, 0.6) is 0 Å². The van der Waals surface area contributed by atoms with Crippen LogP contribution in [0, 0.1) is 5.41 Å². The van der Waals surface area contributed by atoms with E-state index in [2.05, 4.69) is 41.1 Å². The van der Waals surface area contributed by atoms with E-state index in [-0.39, 0.29) is 0 Å². The number of hydrogen-bond acceptors (Lipinski definition) is 3. The van der Waals surface area contributed by atoms with Crippen LogP contribution in [0.3, 0.4) is 0 Å². The molecular weight excluding hydrogens is 294 g/mol. The van der Waals surface area contributed by atoms with Crippen molar-refractivity contribution >= 4 is 11.6 Å². The predicted octanol–water partition coefficient (Wildman–Crippen LogP) is 3.02. The molecule has 2 heterocycles. The predicted molar refractivity (Wildman–Crippen MR) is 93.5 cm³/mol. The average molecular weight is 322 g/mol. The van der Waals surface area contributed by atoms with Crippen LogP contribution in [-0.2, 0) is 0 Å². The Balaban J connectivity index is 1.54. The van der Waals surface area contributed by atoms with Gasteiger partial charge in [-0.25, -0.2) is 0 Å². The van der Waals surface area contributed by atoms with Gasteiger partial charge in [0.1, 0.15) is 0 Å². The summed E-state index contributed by atoms with van der Waals surface area (Å²) in [5, 5.41) is 4.40. The summed E-state index contributed by atoms with van der Waals surface area (Å²) in [6, 6.07) is 8.65. The minimum atomic E-state index is 0.402. The van der Waals surface area contributed by atoms with E-state index in [4.69, 9.17) is 11.6 Å². The Labute approximate surface area is 139 Å². The Hall–Kier alpha value is -0.610. The van der Waals surface area contributed by atoms with Gasteiger partial charge in [0.25, 0.3) is 0 Å². The topological polar surface area (TPSA) is 18.5 Å². The van der Waals surface area contributed by atoms with Gasteiger partial charge in [-0.05, 0) is 36.9 Å². The van der Waals surface area contributed by atoms with Crippen LogP contribution in [0.4, 0.5) is 0 Å². The molecule has 2 fully saturated rings. The second-order valence-corrected chi connectivity index (χ2v) is 7.65. The fourth-order valence-corrected chi connectivity index (χ4v) is 4.16. The lowest BCUT2D eigenvalue weighted by Crippen LogP contribution is -2.50. The number of halogens is 1. The van der Waals surface area contributed by atoms with Gasteiger partial charge in [0, 0.05) is 50.3 Å². The fraction of sp³-hybridized carbons (Fsp3) is 0.667. The molecular formula is C18H28ClN3. The summed E-state index contributed by atoms with van der Waals surface area (Å²) in [5.41, 5.74) is 1.72. The smallest absolute Gasteiger partial charge is 0.0453 e. The first-order valence-electron chi connectivity index (χ1n) is 8.49. The van der Waals surface area contributed by atoms with Crippen molar-refractivity contribution in [2.45, 2.75) is 26.3 Å². The highest BCUT2D eigenvalue weighted by Gasteiger charge is 2.32.